The number of nitrogens with one attached hydrogen (secondary N) is 1. The first-order chi connectivity index (χ1) is 7.69. The Hall–Kier alpha value is -0.600. The van der Waals surface area contributed by atoms with E-state index < -0.39 is 0 Å². The van der Waals surface area contributed by atoms with E-state index in [-0.39, 0.29) is 11.9 Å². The predicted molar refractivity (Wildman–Crippen MR) is 67.4 cm³/mol. The van der Waals surface area contributed by atoms with Crippen LogP contribution >= 0.6 is 11.6 Å². The standard InChI is InChI=1S/C13H19ClFN/c1-3-4-5-6-13(16-2)11-8-7-10(14)9-12(11)15/h7-9,13,16H,3-6H2,1-2H3. The summed E-state index contributed by atoms with van der Waals surface area (Å²) < 4.78 is 13.7. The van der Waals surface area contributed by atoms with Gasteiger partial charge in [-0.15, -0.1) is 0 Å². The highest BCUT2D eigenvalue weighted by atomic mass is 35.5. The maximum Gasteiger partial charge on any atom is 0.129 e. The molecule has 1 aromatic carbocycles. The van der Waals surface area contributed by atoms with E-state index in [2.05, 4.69) is 12.2 Å². The van der Waals surface area contributed by atoms with Crippen molar-refractivity contribution in [3.63, 3.8) is 0 Å². The number of hydrogen-bond donors (Lipinski definition) is 1. The minimum absolute atomic E-state index is 0.0869. The smallest absolute Gasteiger partial charge is 0.129 e. The van der Waals surface area contributed by atoms with Gasteiger partial charge in [0.25, 0.3) is 0 Å². The maximum atomic E-state index is 13.7. The van der Waals surface area contributed by atoms with Crippen molar-refractivity contribution in [2.24, 2.45) is 0 Å². The van der Waals surface area contributed by atoms with E-state index in [1.807, 2.05) is 7.05 Å². The molecule has 0 bridgehead atoms. The Morgan fingerprint density at radius 1 is 1.38 bits per heavy atom. The van der Waals surface area contributed by atoms with Gasteiger partial charge in [0, 0.05) is 16.6 Å². The van der Waals surface area contributed by atoms with Gasteiger partial charge in [0.1, 0.15) is 5.82 Å². The molecule has 0 saturated heterocycles. The summed E-state index contributed by atoms with van der Waals surface area (Å²) in [6, 6.07) is 4.97. The Morgan fingerprint density at radius 2 is 2.12 bits per heavy atom. The highest BCUT2D eigenvalue weighted by Gasteiger charge is 2.13. The van der Waals surface area contributed by atoms with E-state index in [1.54, 1.807) is 12.1 Å². The molecule has 0 amide bonds. The van der Waals surface area contributed by atoms with Gasteiger partial charge in [-0.2, -0.15) is 0 Å². The van der Waals surface area contributed by atoms with Crippen molar-refractivity contribution in [2.45, 2.75) is 38.6 Å². The Kier molecular flexibility index (Phi) is 5.78. The first kappa shape index (κ1) is 13.5. The van der Waals surface area contributed by atoms with Crippen LogP contribution in [0.4, 0.5) is 4.39 Å². The van der Waals surface area contributed by atoms with Gasteiger partial charge in [0.2, 0.25) is 0 Å². The molecule has 0 fully saturated rings. The van der Waals surface area contributed by atoms with Crippen LogP contribution in [0.1, 0.15) is 44.2 Å². The van der Waals surface area contributed by atoms with Crippen molar-refractivity contribution in [3.8, 4) is 0 Å². The second-order valence-corrected chi connectivity index (χ2v) is 4.44. The Labute approximate surface area is 102 Å². The molecule has 1 aromatic rings. The molecule has 0 heterocycles. The van der Waals surface area contributed by atoms with Crippen molar-refractivity contribution in [1.29, 1.82) is 0 Å². The molecule has 1 unspecified atom stereocenters. The molecular formula is C13H19ClFN. The molecule has 1 N–H and O–H groups in total. The SMILES string of the molecule is CCCCCC(NC)c1ccc(Cl)cc1F. The number of benzene rings is 1. The van der Waals surface area contributed by atoms with Gasteiger partial charge in [-0.25, -0.2) is 4.39 Å². The average Bonchev–Trinajstić information content (AvgIpc) is 2.26. The summed E-state index contributed by atoms with van der Waals surface area (Å²) in [5.74, 6) is -0.219. The summed E-state index contributed by atoms with van der Waals surface area (Å²) in [7, 11) is 1.87. The number of hydrogen-bond acceptors (Lipinski definition) is 1. The lowest BCUT2D eigenvalue weighted by Crippen LogP contribution is -2.17. The number of unbranched alkanes of at least 4 members (excludes halogenated alkanes) is 2. The molecule has 0 aromatic heterocycles. The predicted octanol–water partition coefficient (Wildman–Crippen LogP) is 4.32. The van der Waals surface area contributed by atoms with Crippen LogP contribution in [0.2, 0.25) is 5.02 Å². The van der Waals surface area contributed by atoms with Crippen LogP contribution in [0.3, 0.4) is 0 Å². The van der Waals surface area contributed by atoms with E-state index in [4.69, 9.17) is 11.6 Å². The zero-order chi connectivity index (χ0) is 12.0. The van der Waals surface area contributed by atoms with Crippen molar-refractivity contribution in [2.75, 3.05) is 7.05 Å². The van der Waals surface area contributed by atoms with Crippen LogP contribution in [0.25, 0.3) is 0 Å². The molecule has 0 radical (unpaired) electrons. The van der Waals surface area contributed by atoms with E-state index >= 15 is 0 Å². The van der Waals surface area contributed by atoms with Crippen molar-refractivity contribution in [3.05, 3.63) is 34.6 Å². The van der Waals surface area contributed by atoms with Gasteiger partial charge in [-0.1, -0.05) is 43.9 Å². The van der Waals surface area contributed by atoms with Crippen LogP contribution in [0.5, 0.6) is 0 Å². The summed E-state index contributed by atoms with van der Waals surface area (Å²) in [5, 5.41) is 3.60. The third kappa shape index (κ3) is 3.76. The van der Waals surface area contributed by atoms with E-state index in [0.717, 1.165) is 12.8 Å². The van der Waals surface area contributed by atoms with Crippen molar-refractivity contribution in [1.82, 2.24) is 5.32 Å². The van der Waals surface area contributed by atoms with Crippen molar-refractivity contribution < 1.29 is 4.39 Å². The van der Waals surface area contributed by atoms with Gasteiger partial charge in [0.15, 0.2) is 0 Å². The molecule has 90 valence electrons. The molecule has 0 saturated carbocycles. The second-order valence-electron chi connectivity index (χ2n) is 4.00. The van der Waals surface area contributed by atoms with Crippen molar-refractivity contribution >= 4 is 11.6 Å². The van der Waals surface area contributed by atoms with Gasteiger partial charge in [-0.05, 0) is 25.6 Å². The summed E-state index contributed by atoms with van der Waals surface area (Å²) in [4.78, 5) is 0. The fourth-order valence-corrected chi connectivity index (χ4v) is 2.00. The largest absolute Gasteiger partial charge is 0.313 e. The summed E-state index contributed by atoms with van der Waals surface area (Å²) in [6.45, 7) is 2.16. The van der Waals surface area contributed by atoms with Gasteiger partial charge < -0.3 is 5.32 Å². The Bertz CT molecular complexity index is 328. The normalized spacial score (nSPS) is 12.8. The van der Waals surface area contributed by atoms with E-state index in [9.17, 15) is 4.39 Å². The molecule has 1 rings (SSSR count). The van der Waals surface area contributed by atoms with Gasteiger partial charge in [-0.3, -0.25) is 0 Å². The van der Waals surface area contributed by atoms with Gasteiger partial charge in [0.05, 0.1) is 0 Å². The van der Waals surface area contributed by atoms with Gasteiger partial charge >= 0.3 is 0 Å². The average molecular weight is 244 g/mol. The first-order valence-electron chi connectivity index (χ1n) is 5.81. The Balaban J connectivity index is 2.70. The molecule has 0 aliphatic rings. The van der Waals surface area contributed by atoms with Crippen LogP contribution in [-0.4, -0.2) is 7.05 Å². The first-order valence-corrected chi connectivity index (χ1v) is 6.19. The molecule has 0 spiro atoms. The number of rotatable bonds is 6. The maximum absolute atomic E-state index is 13.7. The second kappa shape index (κ2) is 6.87. The summed E-state index contributed by atoms with van der Waals surface area (Å²) >= 11 is 5.73. The molecule has 3 heteroatoms. The summed E-state index contributed by atoms with van der Waals surface area (Å²) in [5.41, 5.74) is 0.711. The highest BCUT2D eigenvalue weighted by Crippen LogP contribution is 2.24. The zero-order valence-corrected chi connectivity index (χ0v) is 10.6. The highest BCUT2D eigenvalue weighted by molar-refractivity contribution is 6.30. The minimum atomic E-state index is -0.219. The number of halogens is 2. The lowest BCUT2D eigenvalue weighted by atomic mass is 10.00. The molecule has 1 atom stereocenters. The molecular weight excluding hydrogens is 225 g/mol. The molecule has 1 nitrogen and oxygen atoms in total. The monoisotopic (exact) mass is 243 g/mol. The third-order valence-electron chi connectivity index (χ3n) is 2.78. The molecule has 16 heavy (non-hydrogen) atoms. The van der Waals surface area contributed by atoms with Crippen LogP contribution in [0.15, 0.2) is 18.2 Å². The van der Waals surface area contributed by atoms with Crippen LogP contribution < -0.4 is 5.32 Å². The Morgan fingerprint density at radius 3 is 2.69 bits per heavy atom. The van der Waals surface area contributed by atoms with Crippen LogP contribution in [-0.2, 0) is 0 Å². The third-order valence-corrected chi connectivity index (χ3v) is 3.02. The fourth-order valence-electron chi connectivity index (χ4n) is 1.84. The lowest BCUT2D eigenvalue weighted by Gasteiger charge is -2.17. The van der Waals surface area contributed by atoms with E-state index in [1.165, 1.54) is 18.9 Å². The summed E-state index contributed by atoms with van der Waals surface area (Å²) in [6.07, 6.45) is 4.44. The topological polar surface area (TPSA) is 12.0 Å². The minimum Gasteiger partial charge on any atom is -0.313 e. The lowest BCUT2D eigenvalue weighted by molar-refractivity contribution is 0.485. The zero-order valence-electron chi connectivity index (χ0n) is 9.89. The van der Waals surface area contributed by atoms with E-state index in [0.29, 0.717) is 10.6 Å². The van der Waals surface area contributed by atoms with Crippen LogP contribution in [0, 0.1) is 5.82 Å². The quantitative estimate of drug-likeness (QED) is 0.734. The fraction of sp³-hybridized carbons (Fsp3) is 0.538. The molecule has 0 aliphatic carbocycles. The molecule has 0 aliphatic heterocycles.